The van der Waals surface area contributed by atoms with Gasteiger partial charge in [0.2, 0.25) is 0 Å². The van der Waals surface area contributed by atoms with Gasteiger partial charge in [-0.05, 0) is 42.3 Å². The molecular formula is C18H14ClN3O2. The van der Waals surface area contributed by atoms with Crippen LogP contribution in [-0.2, 0) is 6.42 Å². The van der Waals surface area contributed by atoms with Crippen LogP contribution in [0, 0.1) is 0 Å². The van der Waals surface area contributed by atoms with Gasteiger partial charge < -0.3 is 4.74 Å². The van der Waals surface area contributed by atoms with Crippen LogP contribution >= 0.6 is 11.6 Å². The molecule has 0 saturated carbocycles. The molecule has 0 fully saturated rings. The third kappa shape index (κ3) is 2.37. The first-order valence-corrected chi connectivity index (χ1v) is 7.94. The van der Waals surface area contributed by atoms with Gasteiger partial charge in [0, 0.05) is 29.9 Å². The molecule has 1 aromatic carbocycles. The summed E-state index contributed by atoms with van der Waals surface area (Å²) in [7, 11) is 1.59. The third-order valence-electron chi connectivity index (χ3n) is 4.18. The Balaban J connectivity index is 1.79. The van der Waals surface area contributed by atoms with E-state index in [-0.39, 0.29) is 5.91 Å². The lowest BCUT2D eigenvalue weighted by atomic mass is 10.1. The number of halogens is 1. The largest absolute Gasteiger partial charge is 0.495 e. The Morgan fingerprint density at radius 1 is 1.25 bits per heavy atom. The maximum atomic E-state index is 12.7. The number of aromatic nitrogens is 2. The highest BCUT2D eigenvalue weighted by Crippen LogP contribution is 2.34. The van der Waals surface area contributed by atoms with Crippen molar-refractivity contribution in [3.63, 3.8) is 0 Å². The van der Waals surface area contributed by atoms with Crippen LogP contribution in [-0.4, -0.2) is 29.5 Å². The van der Waals surface area contributed by atoms with E-state index in [4.69, 9.17) is 16.3 Å². The maximum absolute atomic E-state index is 12.7. The summed E-state index contributed by atoms with van der Waals surface area (Å²) in [6.07, 6.45) is 4.01. The molecule has 2 aromatic heterocycles. The fourth-order valence-corrected chi connectivity index (χ4v) is 3.20. The number of ether oxygens (including phenoxy) is 1. The molecule has 1 aliphatic heterocycles. The van der Waals surface area contributed by atoms with Gasteiger partial charge in [-0.1, -0.05) is 11.6 Å². The van der Waals surface area contributed by atoms with Crippen molar-refractivity contribution in [1.82, 2.24) is 9.97 Å². The number of methoxy groups -OCH3 is 1. The Kier molecular flexibility index (Phi) is 3.58. The highest BCUT2D eigenvalue weighted by Gasteiger charge is 2.27. The van der Waals surface area contributed by atoms with Crippen molar-refractivity contribution in [2.45, 2.75) is 6.42 Å². The number of fused-ring (bicyclic) bond motifs is 2. The van der Waals surface area contributed by atoms with Gasteiger partial charge in [0.1, 0.15) is 11.6 Å². The molecule has 0 aliphatic carbocycles. The molecule has 1 aliphatic rings. The molecule has 0 spiro atoms. The van der Waals surface area contributed by atoms with E-state index in [0.717, 1.165) is 22.9 Å². The van der Waals surface area contributed by atoms with Gasteiger partial charge in [-0.3, -0.25) is 14.7 Å². The van der Waals surface area contributed by atoms with Gasteiger partial charge in [-0.25, -0.2) is 4.98 Å². The zero-order valence-electron chi connectivity index (χ0n) is 13.0. The monoisotopic (exact) mass is 339 g/mol. The molecule has 0 atom stereocenters. The zero-order chi connectivity index (χ0) is 16.7. The Hall–Kier alpha value is -2.66. The molecule has 3 aromatic rings. The lowest BCUT2D eigenvalue weighted by Gasteiger charge is -2.17. The van der Waals surface area contributed by atoms with Crippen molar-refractivity contribution in [3.05, 3.63) is 58.9 Å². The molecule has 0 saturated heterocycles. The summed E-state index contributed by atoms with van der Waals surface area (Å²) < 4.78 is 5.26. The standard InChI is InChI=1S/C18H14ClN3O2/c1-24-16-9-13-8-12-4-7-22(17(12)21-15(13)10-14(16)19)18(23)11-2-5-20-6-3-11/h2-3,5-6,8-10H,4,7H2,1H3. The van der Waals surface area contributed by atoms with Gasteiger partial charge in [-0.2, -0.15) is 0 Å². The van der Waals surface area contributed by atoms with Gasteiger partial charge in [-0.15, -0.1) is 0 Å². The second kappa shape index (κ2) is 5.76. The van der Waals surface area contributed by atoms with Crippen molar-refractivity contribution in [3.8, 4) is 5.75 Å². The van der Waals surface area contributed by atoms with Crippen molar-refractivity contribution >= 4 is 34.2 Å². The predicted octanol–water partition coefficient (Wildman–Crippen LogP) is 3.49. The number of hydrogen-bond donors (Lipinski definition) is 0. The Morgan fingerprint density at radius 2 is 2.04 bits per heavy atom. The minimum absolute atomic E-state index is 0.0670. The Labute approximate surface area is 143 Å². The van der Waals surface area contributed by atoms with Crippen LogP contribution in [0.1, 0.15) is 15.9 Å². The van der Waals surface area contributed by atoms with Crippen LogP contribution in [0.15, 0.2) is 42.7 Å². The van der Waals surface area contributed by atoms with Crippen molar-refractivity contribution in [2.24, 2.45) is 0 Å². The van der Waals surface area contributed by atoms with Crippen LogP contribution < -0.4 is 9.64 Å². The van der Waals surface area contributed by atoms with E-state index < -0.39 is 0 Å². The van der Waals surface area contributed by atoms with Gasteiger partial charge in [0.15, 0.2) is 0 Å². The van der Waals surface area contributed by atoms with Crippen LogP contribution in [0.5, 0.6) is 5.75 Å². The van der Waals surface area contributed by atoms with Crippen molar-refractivity contribution in [2.75, 3.05) is 18.6 Å². The van der Waals surface area contributed by atoms with Gasteiger partial charge >= 0.3 is 0 Å². The summed E-state index contributed by atoms with van der Waals surface area (Å²) in [6, 6.07) is 9.12. The number of carbonyl (C=O) groups is 1. The number of rotatable bonds is 2. The summed E-state index contributed by atoms with van der Waals surface area (Å²) in [5, 5.41) is 1.45. The Morgan fingerprint density at radius 3 is 2.79 bits per heavy atom. The van der Waals surface area contributed by atoms with E-state index in [1.807, 2.05) is 6.07 Å². The second-order valence-corrected chi connectivity index (χ2v) is 6.00. The lowest BCUT2D eigenvalue weighted by molar-refractivity contribution is 0.0988. The number of carbonyl (C=O) groups excluding carboxylic acids is 1. The van der Waals surface area contributed by atoms with Crippen LogP contribution in [0.4, 0.5) is 5.82 Å². The fourth-order valence-electron chi connectivity index (χ4n) is 2.97. The molecule has 5 nitrogen and oxygen atoms in total. The van der Waals surface area contributed by atoms with E-state index in [0.29, 0.717) is 28.7 Å². The summed E-state index contributed by atoms with van der Waals surface area (Å²) in [6.45, 7) is 0.616. The first-order valence-electron chi connectivity index (χ1n) is 7.56. The first kappa shape index (κ1) is 14.9. The molecule has 0 bridgehead atoms. The van der Waals surface area contributed by atoms with Crippen LogP contribution in [0.2, 0.25) is 5.02 Å². The molecule has 1 amide bonds. The van der Waals surface area contributed by atoms with Gasteiger partial charge in [0.25, 0.3) is 5.91 Å². The highest BCUT2D eigenvalue weighted by molar-refractivity contribution is 6.32. The third-order valence-corrected chi connectivity index (χ3v) is 4.47. The molecule has 0 unspecified atom stereocenters. The molecule has 120 valence electrons. The number of anilines is 1. The maximum Gasteiger partial charge on any atom is 0.259 e. The van der Waals surface area contributed by atoms with E-state index in [9.17, 15) is 4.79 Å². The molecular weight excluding hydrogens is 326 g/mol. The summed E-state index contributed by atoms with van der Waals surface area (Å²) in [5.41, 5.74) is 2.40. The average Bonchev–Trinajstić information content (AvgIpc) is 3.02. The number of nitrogens with zero attached hydrogens (tertiary/aromatic N) is 3. The molecule has 0 N–H and O–H groups in total. The number of pyridine rings is 2. The smallest absolute Gasteiger partial charge is 0.259 e. The SMILES string of the molecule is COc1cc2cc3c(nc2cc1Cl)N(C(=O)c1ccncc1)CC3. The fraction of sp³-hybridized carbons (Fsp3) is 0.167. The predicted molar refractivity (Wildman–Crippen MR) is 92.9 cm³/mol. The molecule has 6 heteroatoms. The molecule has 0 radical (unpaired) electrons. The topological polar surface area (TPSA) is 55.3 Å². The number of hydrogen-bond acceptors (Lipinski definition) is 4. The van der Waals surface area contributed by atoms with E-state index in [1.54, 1.807) is 42.6 Å². The van der Waals surface area contributed by atoms with Crippen LogP contribution in [0.3, 0.4) is 0 Å². The molecule has 3 heterocycles. The van der Waals surface area contributed by atoms with E-state index >= 15 is 0 Å². The van der Waals surface area contributed by atoms with E-state index in [2.05, 4.69) is 16.0 Å². The Bertz CT molecular complexity index is 944. The number of amides is 1. The second-order valence-electron chi connectivity index (χ2n) is 5.59. The average molecular weight is 340 g/mol. The van der Waals surface area contributed by atoms with Crippen molar-refractivity contribution in [1.29, 1.82) is 0 Å². The lowest BCUT2D eigenvalue weighted by Crippen LogP contribution is -2.29. The summed E-state index contributed by atoms with van der Waals surface area (Å²) in [5.74, 6) is 1.25. The molecule has 4 rings (SSSR count). The zero-order valence-corrected chi connectivity index (χ0v) is 13.7. The van der Waals surface area contributed by atoms with E-state index in [1.165, 1.54) is 0 Å². The summed E-state index contributed by atoms with van der Waals surface area (Å²) >= 11 is 6.20. The molecule has 24 heavy (non-hydrogen) atoms. The summed E-state index contributed by atoms with van der Waals surface area (Å²) in [4.78, 5) is 23.1. The van der Waals surface area contributed by atoms with Crippen LogP contribution in [0.25, 0.3) is 10.9 Å². The minimum Gasteiger partial charge on any atom is -0.495 e. The quantitative estimate of drug-likeness (QED) is 0.717. The number of benzene rings is 1. The van der Waals surface area contributed by atoms with Crippen molar-refractivity contribution < 1.29 is 9.53 Å². The highest BCUT2D eigenvalue weighted by atomic mass is 35.5. The minimum atomic E-state index is -0.0670. The first-order chi connectivity index (χ1) is 11.7. The van der Waals surface area contributed by atoms with Gasteiger partial charge in [0.05, 0.1) is 17.6 Å². The normalized spacial score (nSPS) is 13.2.